The summed E-state index contributed by atoms with van der Waals surface area (Å²) >= 11 is 0. The van der Waals surface area contributed by atoms with Gasteiger partial charge in [-0.15, -0.1) is 0 Å². The first kappa shape index (κ1) is 18.0. The van der Waals surface area contributed by atoms with E-state index in [4.69, 9.17) is 0 Å². The van der Waals surface area contributed by atoms with Crippen LogP contribution in [0.3, 0.4) is 0 Å². The van der Waals surface area contributed by atoms with Gasteiger partial charge in [-0.1, -0.05) is 29.8 Å². The van der Waals surface area contributed by atoms with Crippen molar-refractivity contribution in [2.45, 2.75) is 40.2 Å². The van der Waals surface area contributed by atoms with Crippen molar-refractivity contribution in [3.05, 3.63) is 41.5 Å². The molecular formula is C18H26N2O2. The van der Waals surface area contributed by atoms with E-state index < -0.39 is 0 Å². The molecule has 0 heterocycles. The van der Waals surface area contributed by atoms with Crippen molar-refractivity contribution in [2.75, 3.05) is 13.1 Å². The highest BCUT2D eigenvalue weighted by atomic mass is 16.2. The molecular weight excluding hydrogens is 276 g/mol. The second-order valence-electron chi connectivity index (χ2n) is 6.40. The van der Waals surface area contributed by atoms with Crippen LogP contribution in [0.2, 0.25) is 0 Å². The molecule has 0 fully saturated rings. The Hall–Kier alpha value is -2.10. The molecule has 0 saturated carbocycles. The van der Waals surface area contributed by atoms with Gasteiger partial charge in [0, 0.05) is 18.2 Å². The summed E-state index contributed by atoms with van der Waals surface area (Å²) in [6.45, 7) is 10.2. The molecule has 22 heavy (non-hydrogen) atoms. The van der Waals surface area contributed by atoms with Gasteiger partial charge in [0.25, 0.3) is 0 Å². The molecule has 1 aromatic rings. The third kappa shape index (κ3) is 6.57. The van der Waals surface area contributed by atoms with Gasteiger partial charge in [0.05, 0.1) is 6.54 Å². The predicted octanol–water partition coefficient (Wildman–Crippen LogP) is 2.77. The second-order valence-corrected chi connectivity index (χ2v) is 6.40. The zero-order valence-electron chi connectivity index (χ0n) is 14.1. The van der Waals surface area contributed by atoms with E-state index in [1.165, 1.54) is 11.0 Å². The summed E-state index contributed by atoms with van der Waals surface area (Å²) in [5.74, 6) is -0.306. The first-order valence-electron chi connectivity index (χ1n) is 7.56. The zero-order chi connectivity index (χ0) is 16.8. The van der Waals surface area contributed by atoms with Crippen LogP contribution < -0.4 is 5.32 Å². The lowest BCUT2D eigenvalue weighted by atomic mass is 10.1. The number of aryl methyl sites for hydroxylation is 1. The Labute approximate surface area is 133 Å². The van der Waals surface area contributed by atoms with Crippen LogP contribution in [0.5, 0.6) is 0 Å². The number of hydrogen-bond acceptors (Lipinski definition) is 2. The van der Waals surface area contributed by atoms with Crippen molar-refractivity contribution in [1.82, 2.24) is 10.2 Å². The summed E-state index contributed by atoms with van der Waals surface area (Å²) in [7, 11) is 0. The van der Waals surface area contributed by atoms with Gasteiger partial charge in [-0.3, -0.25) is 9.59 Å². The van der Waals surface area contributed by atoms with Crippen LogP contribution in [-0.2, 0) is 9.59 Å². The molecule has 1 rings (SSSR count). The Morgan fingerprint density at radius 2 is 1.95 bits per heavy atom. The van der Waals surface area contributed by atoms with Gasteiger partial charge in [0.1, 0.15) is 0 Å². The van der Waals surface area contributed by atoms with Crippen molar-refractivity contribution in [3.8, 4) is 0 Å². The molecule has 0 aromatic heterocycles. The average molecular weight is 302 g/mol. The lowest BCUT2D eigenvalue weighted by Crippen LogP contribution is -2.47. The molecule has 2 amide bonds. The smallest absolute Gasteiger partial charge is 0.247 e. The first-order chi connectivity index (χ1) is 10.2. The maximum atomic E-state index is 12.2. The third-order valence-electron chi connectivity index (χ3n) is 3.00. The second kappa shape index (κ2) is 7.78. The molecule has 1 N–H and O–H groups in total. The van der Waals surface area contributed by atoms with E-state index in [-0.39, 0.29) is 23.9 Å². The minimum absolute atomic E-state index is 0.0742. The minimum atomic E-state index is -0.295. The number of benzene rings is 1. The third-order valence-corrected chi connectivity index (χ3v) is 3.00. The van der Waals surface area contributed by atoms with E-state index in [1.54, 1.807) is 6.08 Å². The maximum absolute atomic E-state index is 12.2. The molecule has 4 heteroatoms. The Kier molecular flexibility index (Phi) is 6.35. The normalized spacial score (nSPS) is 11.5. The van der Waals surface area contributed by atoms with Crippen molar-refractivity contribution in [2.24, 2.45) is 0 Å². The molecule has 0 spiro atoms. The maximum Gasteiger partial charge on any atom is 0.247 e. The van der Waals surface area contributed by atoms with Crippen molar-refractivity contribution in [3.63, 3.8) is 0 Å². The topological polar surface area (TPSA) is 49.4 Å². The molecule has 0 bridgehead atoms. The molecule has 0 aliphatic heterocycles. The first-order valence-corrected chi connectivity index (χ1v) is 7.56. The number of likely N-dealkylation sites (N-methyl/N-ethyl adjacent to an activating group) is 1. The lowest BCUT2D eigenvalue weighted by molar-refractivity contribution is -0.132. The molecule has 0 radical (unpaired) electrons. The van der Waals surface area contributed by atoms with Gasteiger partial charge >= 0.3 is 0 Å². The fourth-order valence-corrected chi connectivity index (χ4v) is 2.02. The van der Waals surface area contributed by atoms with Gasteiger partial charge in [0.2, 0.25) is 11.8 Å². The highest BCUT2D eigenvalue weighted by molar-refractivity contribution is 5.94. The summed E-state index contributed by atoms with van der Waals surface area (Å²) < 4.78 is 0. The van der Waals surface area contributed by atoms with Crippen LogP contribution in [0, 0.1) is 6.92 Å². The van der Waals surface area contributed by atoms with E-state index in [0.29, 0.717) is 6.54 Å². The fourth-order valence-electron chi connectivity index (χ4n) is 2.02. The summed E-state index contributed by atoms with van der Waals surface area (Å²) in [4.78, 5) is 25.6. The van der Waals surface area contributed by atoms with E-state index in [1.807, 2.05) is 58.9 Å². The van der Waals surface area contributed by atoms with Crippen LogP contribution in [0.1, 0.15) is 38.8 Å². The molecule has 0 saturated heterocycles. The number of rotatable bonds is 5. The monoisotopic (exact) mass is 302 g/mol. The number of carbonyl (C=O) groups excluding carboxylic acids is 2. The van der Waals surface area contributed by atoms with E-state index >= 15 is 0 Å². The fraction of sp³-hybridized carbons (Fsp3) is 0.444. The van der Waals surface area contributed by atoms with Gasteiger partial charge in [-0.05, 0) is 46.3 Å². The number of hydrogen-bond donors (Lipinski definition) is 1. The summed E-state index contributed by atoms with van der Waals surface area (Å²) in [6.07, 6.45) is 3.29. The quantitative estimate of drug-likeness (QED) is 0.850. The van der Waals surface area contributed by atoms with Gasteiger partial charge < -0.3 is 10.2 Å². The summed E-state index contributed by atoms with van der Waals surface area (Å²) in [6, 6.07) is 7.91. The Bertz CT molecular complexity index is 556. The number of amides is 2. The highest BCUT2D eigenvalue weighted by Crippen LogP contribution is 2.06. The van der Waals surface area contributed by atoms with Crippen molar-refractivity contribution in [1.29, 1.82) is 0 Å². The number of carbonyl (C=O) groups is 2. The molecule has 120 valence electrons. The van der Waals surface area contributed by atoms with Gasteiger partial charge in [0.15, 0.2) is 0 Å². The largest absolute Gasteiger partial charge is 0.350 e. The molecule has 4 nitrogen and oxygen atoms in total. The van der Waals surface area contributed by atoms with Crippen LogP contribution >= 0.6 is 0 Å². The number of nitrogens with zero attached hydrogens (tertiary/aromatic N) is 1. The summed E-state index contributed by atoms with van der Waals surface area (Å²) in [5, 5.41) is 2.86. The Balaban J connectivity index is 2.66. The highest BCUT2D eigenvalue weighted by Gasteiger charge is 2.17. The van der Waals surface area contributed by atoms with Crippen LogP contribution in [0.25, 0.3) is 6.08 Å². The number of nitrogens with one attached hydrogen (secondary N) is 1. The van der Waals surface area contributed by atoms with Crippen molar-refractivity contribution < 1.29 is 9.59 Å². The lowest BCUT2D eigenvalue weighted by Gasteiger charge is -2.24. The van der Waals surface area contributed by atoms with E-state index in [0.717, 1.165) is 11.1 Å². The van der Waals surface area contributed by atoms with Gasteiger partial charge in [-0.25, -0.2) is 0 Å². The van der Waals surface area contributed by atoms with Crippen LogP contribution in [-0.4, -0.2) is 35.3 Å². The Morgan fingerprint density at radius 1 is 1.27 bits per heavy atom. The Morgan fingerprint density at radius 3 is 2.50 bits per heavy atom. The minimum Gasteiger partial charge on any atom is -0.350 e. The molecule has 0 aliphatic rings. The van der Waals surface area contributed by atoms with Crippen LogP contribution in [0.15, 0.2) is 30.3 Å². The van der Waals surface area contributed by atoms with E-state index in [9.17, 15) is 9.59 Å². The molecule has 1 aromatic carbocycles. The zero-order valence-corrected chi connectivity index (χ0v) is 14.1. The SMILES string of the molecule is CCN(CC(=O)NC(C)(C)C)C(=O)/C=C/c1cccc(C)c1. The van der Waals surface area contributed by atoms with E-state index in [2.05, 4.69) is 5.32 Å². The van der Waals surface area contributed by atoms with Crippen LogP contribution in [0.4, 0.5) is 0 Å². The molecule has 0 aliphatic carbocycles. The van der Waals surface area contributed by atoms with Crippen molar-refractivity contribution >= 4 is 17.9 Å². The average Bonchev–Trinajstić information content (AvgIpc) is 2.40. The van der Waals surface area contributed by atoms with Gasteiger partial charge in [-0.2, -0.15) is 0 Å². The molecule has 0 atom stereocenters. The standard InChI is InChI=1S/C18H26N2O2/c1-6-20(13-16(21)19-18(3,4)5)17(22)11-10-15-9-7-8-14(2)12-15/h7-12H,6,13H2,1-5H3,(H,19,21)/b11-10+. The summed E-state index contributed by atoms with van der Waals surface area (Å²) in [5.41, 5.74) is 1.83. The molecule has 0 unspecified atom stereocenters. The predicted molar refractivity (Wildman–Crippen MR) is 90.4 cm³/mol.